The zero-order chi connectivity index (χ0) is 15.4. The van der Waals surface area contributed by atoms with Crippen LogP contribution < -0.4 is 10.2 Å². The van der Waals surface area contributed by atoms with Crippen LogP contribution >= 0.6 is 15.9 Å². The fraction of sp³-hybridized carbons (Fsp3) is 0.0588. The Hall–Kier alpha value is -2.40. The maximum atomic E-state index is 5.32. The molecule has 0 spiro atoms. The topological polar surface area (TPSA) is 46.5 Å². The molecule has 0 saturated heterocycles. The number of aromatic nitrogens is 1. The minimum absolute atomic E-state index is 0.768. The lowest BCUT2D eigenvalue weighted by atomic mass is 10.2. The molecule has 0 unspecified atom stereocenters. The summed E-state index contributed by atoms with van der Waals surface area (Å²) in [5.74, 6) is 0.768. The molecule has 3 rings (SSSR count). The highest BCUT2D eigenvalue weighted by Crippen LogP contribution is 2.22. The molecule has 0 atom stereocenters. The van der Waals surface area contributed by atoms with Gasteiger partial charge in [-0.2, -0.15) is 5.10 Å². The number of benzene rings is 2. The first kappa shape index (κ1) is 14.5. The number of pyridine rings is 1. The van der Waals surface area contributed by atoms with E-state index in [2.05, 4.69) is 31.4 Å². The Morgan fingerprint density at radius 1 is 1.18 bits per heavy atom. The molecule has 5 heteroatoms. The van der Waals surface area contributed by atoms with Crippen LogP contribution in [0.1, 0.15) is 5.56 Å². The van der Waals surface area contributed by atoms with Gasteiger partial charge in [-0.1, -0.05) is 34.1 Å². The van der Waals surface area contributed by atoms with Crippen LogP contribution in [0.15, 0.2) is 64.3 Å². The van der Waals surface area contributed by atoms with E-state index in [0.29, 0.717) is 0 Å². The van der Waals surface area contributed by atoms with Crippen molar-refractivity contribution in [3.05, 3.63) is 64.8 Å². The third-order valence-electron chi connectivity index (χ3n) is 3.21. The number of halogens is 1. The van der Waals surface area contributed by atoms with Crippen molar-refractivity contribution in [1.82, 2.24) is 4.98 Å². The molecule has 0 saturated carbocycles. The van der Waals surface area contributed by atoms with Crippen molar-refractivity contribution >= 4 is 38.7 Å². The number of nitrogens with one attached hydrogen (secondary N) is 1. The second kappa shape index (κ2) is 6.58. The minimum Gasteiger partial charge on any atom is -0.496 e. The SMILES string of the molecule is COc1ccc(Br)cc1/C=N\Nc1cccc2cccnc12. The molecule has 1 aromatic heterocycles. The number of nitrogens with zero attached hydrogens (tertiary/aromatic N) is 2. The summed E-state index contributed by atoms with van der Waals surface area (Å²) in [6, 6.07) is 15.7. The van der Waals surface area contributed by atoms with E-state index in [9.17, 15) is 0 Å². The molecule has 0 bridgehead atoms. The molecule has 0 radical (unpaired) electrons. The molecule has 1 N–H and O–H groups in total. The van der Waals surface area contributed by atoms with Gasteiger partial charge in [-0.3, -0.25) is 10.4 Å². The maximum absolute atomic E-state index is 5.32. The lowest BCUT2D eigenvalue weighted by molar-refractivity contribution is 0.414. The van der Waals surface area contributed by atoms with E-state index in [-0.39, 0.29) is 0 Å². The number of hydrazone groups is 1. The Morgan fingerprint density at radius 3 is 2.91 bits per heavy atom. The molecule has 0 aliphatic carbocycles. The summed E-state index contributed by atoms with van der Waals surface area (Å²) in [5.41, 5.74) is 5.69. The second-order valence-electron chi connectivity index (χ2n) is 4.64. The van der Waals surface area contributed by atoms with Crippen LogP contribution in [-0.2, 0) is 0 Å². The van der Waals surface area contributed by atoms with Crippen LogP contribution in [0.5, 0.6) is 5.75 Å². The van der Waals surface area contributed by atoms with Crippen molar-refractivity contribution in [3.63, 3.8) is 0 Å². The summed E-state index contributed by atoms with van der Waals surface area (Å²) < 4.78 is 6.29. The van der Waals surface area contributed by atoms with Crippen molar-refractivity contribution < 1.29 is 4.74 Å². The lowest BCUT2D eigenvalue weighted by Gasteiger charge is -2.06. The largest absolute Gasteiger partial charge is 0.496 e. The molecule has 0 fully saturated rings. The number of anilines is 1. The van der Waals surface area contributed by atoms with Crippen LogP contribution in [0, 0.1) is 0 Å². The van der Waals surface area contributed by atoms with E-state index in [1.165, 1.54) is 0 Å². The zero-order valence-electron chi connectivity index (χ0n) is 12.0. The predicted molar refractivity (Wildman–Crippen MR) is 93.7 cm³/mol. The van der Waals surface area contributed by atoms with E-state index in [4.69, 9.17) is 4.74 Å². The maximum Gasteiger partial charge on any atom is 0.127 e. The molecule has 4 nitrogen and oxygen atoms in total. The molecule has 0 amide bonds. The van der Waals surface area contributed by atoms with Crippen molar-refractivity contribution in [2.45, 2.75) is 0 Å². The zero-order valence-corrected chi connectivity index (χ0v) is 13.5. The van der Waals surface area contributed by atoms with E-state index in [1.54, 1.807) is 19.5 Å². The fourth-order valence-electron chi connectivity index (χ4n) is 2.17. The highest BCUT2D eigenvalue weighted by molar-refractivity contribution is 9.10. The Kier molecular flexibility index (Phi) is 4.34. The summed E-state index contributed by atoms with van der Waals surface area (Å²) in [6.07, 6.45) is 3.50. The Morgan fingerprint density at radius 2 is 2.05 bits per heavy atom. The highest BCUT2D eigenvalue weighted by Gasteiger charge is 2.02. The van der Waals surface area contributed by atoms with Gasteiger partial charge in [0.2, 0.25) is 0 Å². The van der Waals surface area contributed by atoms with Gasteiger partial charge in [0.05, 0.1) is 24.5 Å². The van der Waals surface area contributed by atoms with Gasteiger partial charge in [0.15, 0.2) is 0 Å². The van der Waals surface area contributed by atoms with Gasteiger partial charge in [-0.25, -0.2) is 0 Å². The van der Waals surface area contributed by atoms with Crippen LogP contribution in [0.2, 0.25) is 0 Å². The second-order valence-corrected chi connectivity index (χ2v) is 5.55. The summed E-state index contributed by atoms with van der Waals surface area (Å²) in [7, 11) is 1.64. The van der Waals surface area contributed by atoms with Gasteiger partial charge in [0.25, 0.3) is 0 Å². The molecule has 0 aliphatic rings. The summed E-state index contributed by atoms with van der Waals surface area (Å²) in [4.78, 5) is 4.39. The first-order valence-electron chi connectivity index (χ1n) is 6.74. The monoisotopic (exact) mass is 355 g/mol. The molecule has 0 aliphatic heterocycles. The van der Waals surface area contributed by atoms with E-state index < -0.39 is 0 Å². The molecule has 22 heavy (non-hydrogen) atoms. The number of para-hydroxylation sites is 1. The fourth-order valence-corrected chi connectivity index (χ4v) is 2.55. The Bertz CT molecular complexity index is 828. The number of methoxy groups -OCH3 is 1. The van der Waals surface area contributed by atoms with Gasteiger partial charge >= 0.3 is 0 Å². The summed E-state index contributed by atoms with van der Waals surface area (Å²) in [5, 5.41) is 5.37. The van der Waals surface area contributed by atoms with Crippen LogP contribution in [0.3, 0.4) is 0 Å². The third-order valence-corrected chi connectivity index (χ3v) is 3.71. The van der Waals surface area contributed by atoms with Gasteiger partial charge in [-0.05, 0) is 30.3 Å². The summed E-state index contributed by atoms with van der Waals surface area (Å²) >= 11 is 3.45. The van der Waals surface area contributed by atoms with Crippen molar-refractivity contribution in [2.24, 2.45) is 5.10 Å². The first-order valence-corrected chi connectivity index (χ1v) is 7.53. The average molecular weight is 356 g/mol. The smallest absolute Gasteiger partial charge is 0.127 e. The quantitative estimate of drug-likeness (QED) is 0.555. The highest BCUT2D eigenvalue weighted by atomic mass is 79.9. The van der Waals surface area contributed by atoms with E-state index in [1.807, 2.05) is 48.5 Å². The van der Waals surface area contributed by atoms with Crippen LogP contribution in [0.4, 0.5) is 5.69 Å². The third kappa shape index (κ3) is 3.09. The molecule has 1 heterocycles. The first-order chi connectivity index (χ1) is 10.8. The van der Waals surface area contributed by atoms with E-state index >= 15 is 0 Å². The molecular formula is C17H14BrN3O. The average Bonchev–Trinajstić information content (AvgIpc) is 2.55. The molecular weight excluding hydrogens is 342 g/mol. The van der Waals surface area contributed by atoms with Crippen molar-refractivity contribution in [3.8, 4) is 5.75 Å². The van der Waals surface area contributed by atoms with Crippen LogP contribution in [-0.4, -0.2) is 18.3 Å². The number of ether oxygens (including phenoxy) is 1. The standard InChI is InChI=1S/C17H14BrN3O/c1-22-16-8-7-14(18)10-13(16)11-20-21-15-6-2-4-12-5-3-9-19-17(12)15/h2-11,21H,1H3/b20-11-. The Balaban J connectivity index is 1.86. The molecule has 110 valence electrons. The van der Waals surface area contributed by atoms with Gasteiger partial charge < -0.3 is 4.74 Å². The van der Waals surface area contributed by atoms with Crippen LogP contribution in [0.25, 0.3) is 10.9 Å². The van der Waals surface area contributed by atoms with Crippen molar-refractivity contribution in [2.75, 3.05) is 12.5 Å². The number of fused-ring (bicyclic) bond motifs is 1. The molecule has 2 aromatic carbocycles. The minimum atomic E-state index is 0.768. The predicted octanol–water partition coefficient (Wildman–Crippen LogP) is 4.45. The lowest BCUT2D eigenvalue weighted by Crippen LogP contribution is -1.95. The molecule has 3 aromatic rings. The normalized spacial score (nSPS) is 11.0. The van der Waals surface area contributed by atoms with Gasteiger partial charge in [0, 0.05) is 21.6 Å². The summed E-state index contributed by atoms with van der Waals surface area (Å²) in [6.45, 7) is 0. The van der Waals surface area contributed by atoms with Gasteiger partial charge in [-0.15, -0.1) is 0 Å². The van der Waals surface area contributed by atoms with Crippen molar-refractivity contribution in [1.29, 1.82) is 0 Å². The van der Waals surface area contributed by atoms with E-state index in [0.717, 1.165) is 32.4 Å². The number of hydrogen-bond acceptors (Lipinski definition) is 4. The Labute approximate surface area is 137 Å². The van der Waals surface area contributed by atoms with Gasteiger partial charge in [0.1, 0.15) is 5.75 Å². The number of hydrogen-bond donors (Lipinski definition) is 1. The number of rotatable bonds is 4.